The molecule has 20 heavy (non-hydrogen) atoms. The minimum Gasteiger partial charge on any atom is -0.434 e. The van der Waals surface area contributed by atoms with Crippen LogP contribution in [-0.4, -0.2) is 21.2 Å². The van der Waals surface area contributed by atoms with E-state index in [-0.39, 0.29) is 0 Å². The van der Waals surface area contributed by atoms with E-state index in [1.807, 2.05) is 0 Å². The Kier molecular flexibility index (Phi) is 4.89. The molecule has 0 heterocycles. The fourth-order valence-corrected chi connectivity index (χ4v) is 1.98. The molecule has 11 heteroatoms. The van der Waals surface area contributed by atoms with Crippen LogP contribution in [0.4, 0.5) is 22.0 Å². The van der Waals surface area contributed by atoms with Crippen molar-refractivity contribution in [2.45, 2.75) is 18.8 Å². The van der Waals surface area contributed by atoms with E-state index in [0.717, 1.165) is 29.0 Å². The lowest BCUT2D eigenvalue weighted by Crippen LogP contribution is -2.41. The van der Waals surface area contributed by atoms with Gasteiger partial charge in [0.1, 0.15) is 11.8 Å². The van der Waals surface area contributed by atoms with Crippen LogP contribution in [0.25, 0.3) is 0 Å². The fourth-order valence-electron chi connectivity index (χ4n) is 1.39. The molecule has 0 aliphatic rings. The first-order valence-corrected chi connectivity index (χ1v) is 6.46. The highest BCUT2D eigenvalue weighted by molar-refractivity contribution is 7.87. The average Bonchev–Trinajstić information content (AvgIpc) is 2.23. The monoisotopic (exact) mass is 320 g/mol. The third kappa shape index (κ3) is 4.90. The molecule has 1 aromatic carbocycles. The molecular formula is C9H9F5N2O3S. The maximum absolute atomic E-state index is 12.8. The van der Waals surface area contributed by atoms with Crippen molar-refractivity contribution in [2.24, 2.45) is 5.14 Å². The molecule has 0 bridgehead atoms. The first-order chi connectivity index (χ1) is 9.00. The number of hydrogen-bond acceptors (Lipinski definition) is 3. The van der Waals surface area contributed by atoms with Gasteiger partial charge in [-0.05, 0) is 6.07 Å². The third-order valence-electron chi connectivity index (χ3n) is 2.06. The Bertz CT molecular complexity index is 561. The number of nitrogens with two attached hydrogens (primary N) is 1. The van der Waals surface area contributed by atoms with E-state index in [1.54, 1.807) is 0 Å². The standard InChI is InChI=1S/C9H9F5N2O3S/c10-8(11)19-6-4-2-1-3-5(6)7(9(12,13)14)16-20(15,17)18/h1-4,7-8,16H,(H2,15,17,18)/t7-/m0/s1. The maximum atomic E-state index is 12.8. The summed E-state index contributed by atoms with van der Waals surface area (Å²) in [5, 5.41) is 4.49. The smallest absolute Gasteiger partial charge is 0.409 e. The molecule has 0 aliphatic heterocycles. The van der Waals surface area contributed by atoms with Crippen molar-refractivity contribution < 1.29 is 35.1 Å². The van der Waals surface area contributed by atoms with Gasteiger partial charge < -0.3 is 4.74 Å². The molecule has 0 saturated heterocycles. The molecule has 3 N–H and O–H groups in total. The lowest BCUT2D eigenvalue weighted by atomic mass is 10.1. The first-order valence-electron chi connectivity index (χ1n) is 4.91. The van der Waals surface area contributed by atoms with Gasteiger partial charge in [0, 0.05) is 5.56 Å². The summed E-state index contributed by atoms with van der Waals surface area (Å²) in [6.07, 6.45) is -5.09. The molecule has 0 aromatic heterocycles. The lowest BCUT2D eigenvalue weighted by molar-refractivity contribution is -0.154. The Labute approximate surface area is 110 Å². The van der Waals surface area contributed by atoms with Crippen LogP contribution in [0.5, 0.6) is 5.75 Å². The molecule has 0 spiro atoms. The number of halogens is 5. The number of hydrogen-bond donors (Lipinski definition) is 2. The van der Waals surface area contributed by atoms with E-state index in [9.17, 15) is 30.4 Å². The van der Waals surface area contributed by atoms with Crippen molar-refractivity contribution in [1.29, 1.82) is 0 Å². The number of nitrogens with one attached hydrogen (secondary N) is 1. The summed E-state index contributed by atoms with van der Waals surface area (Å²) in [7, 11) is -4.71. The molecule has 1 rings (SSSR count). The predicted octanol–water partition coefficient (Wildman–Crippen LogP) is 1.68. The van der Waals surface area contributed by atoms with Gasteiger partial charge in [-0.3, -0.25) is 0 Å². The number of alkyl halides is 5. The number of benzene rings is 1. The number of rotatable bonds is 5. The average molecular weight is 320 g/mol. The number of para-hydroxylation sites is 1. The zero-order valence-electron chi connectivity index (χ0n) is 9.56. The molecule has 0 radical (unpaired) electrons. The molecule has 0 amide bonds. The Hall–Kier alpha value is -1.46. The first kappa shape index (κ1) is 16.6. The molecule has 1 aromatic rings. The second-order valence-corrected chi connectivity index (χ2v) is 4.88. The van der Waals surface area contributed by atoms with Crippen LogP contribution < -0.4 is 14.6 Å². The van der Waals surface area contributed by atoms with Crippen LogP contribution in [-0.2, 0) is 10.2 Å². The van der Waals surface area contributed by atoms with Gasteiger partial charge in [-0.15, -0.1) is 0 Å². The molecule has 5 nitrogen and oxygen atoms in total. The second-order valence-electron chi connectivity index (χ2n) is 3.55. The van der Waals surface area contributed by atoms with E-state index in [1.165, 1.54) is 0 Å². The van der Waals surface area contributed by atoms with E-state index in [2.05, 4.69) is 9.88 Å². The van der Waals surface area contributed by atoms with E-state index < -0.39 is 40.4 Å². The molecule has 1 atom stereocenters. The highest BCUT2D eigenvalue weighted by Gasteiger charge is 2.44. The second kappa shape index (κ2) is 5.89. The largest absolute Gasteiger partial charge is 0.434 e. The van der Waals surface area contributed by atoms with Crippen molar-refractivity contribution in [1.82, 2.24) is 4.72 Å². The Balaban J connectivity index is 3.27. The van der Waals surface area contributed by atoms with E-state index in [4.69, 9.17) is 0 Å². The molecular weight excluding hydrogens is 311 g/mol. The summed E-state index contributed by atoms with van der Waals surface area (Å²) < 4.78 is 89.3. The minimum absolute atomic E-state index is 0.800. The zero-order valence-corrected chi connectivity index (χ0v) is 10.4. The number of ether oxygens (including phenoxy) is 1. The quantitative estimate of drug-likeness (QED) is 0.810. The fraction of sp³-hybridized carbons (Fsp3) is 0.333. The van der Waals surface area contributed by atoms with Gasteiger partial charge in [0.15, 0.2) is 0 Å². The van der Waals surface area contributed by atoms with Crippen molar-refractivity contribution >= 4 is 10.2 Å². The van der Waals surface area contributed by atoms with Crippen LogP contribution >= 0.6 is 0 Å². The van der Waals surface area contributed by atoms with E-state index in [0.29, 0.717) is 0 Å². The van der Waals surface area contributed by atoms with Crippen LogP contribution in [0.1, 0.15) is 11.6 Å². The van der Waals surface area contributed by atoms with Crippen LogP contribution in [0.2, 0.25) is 0 Å². The van der Waals surface area contributed by atoms with Crippen molar-refractivity contribution in [3.05, 3.63) is 29.8 Å². The highest BCUT2D eigenvalue weighted by Crippen LogP contribution is 2.37. The van der Waals surface area contributed by atoms with Gasteiger partial charge in [-0.2, -0.15) is 35.1 Å². The molecule has 0 unspecified atom stereocenters. The SMILES string of the molecule is NS(=O)(=O)N[C@@H](c1ccccc1OC(F)F)C(F)(F)F. The minimum atomic E-state index is -5.09. The van der Waals surface area contributed by atoms with Gasteiger partial charge in [-0.1, -0.05) is 18.2 Å². The predicted molar refractivity (Wildman–Crippen MR) is 58.1 cm³/mol. The Morgan fingerprint density at radius 2 is 1.75 bits per heavy atom. The highest BCUT2D eigenvalue weighted by atomic mass is 32.2. The topological polar surface area (TPSA) is 81.4 Å². The normalized spacial score (nSPS) is 14.3. The summed E-state index contributed by atoms with van der Waals surface area (Å²) in [6, 6.07) is 1.12. The van der Waals surface area contributed by atoms with Crippen LogP contribution in [0.15, 0.2) is 24.3 Å². The summed E-state index contributed by atoms with van der Waals surface area (Å²) >= 11 is 0. The maximum Gasteiger partial charge on any atom is 0.409 e. The van der Waals surface area contributed by atoms with Gasteiger partial charge in [-0.25, -0.2) is 5.14 Å². The Morgan fingerprint density at radius 3 is 2.20 bits per heavy atom. The van der Waals surface area contributed by atoms with E-state index >= 15 is 0 Å². The summed E-state index contributed by atoms with van der Waals surface area (Å²) in [4.78, 5) is 0. The molecule has 0 saturated carbocycles. The Morgan fingerprint density at radius 1 is 1.20 bits per heavy atom. The van der Waals surface area contributed by atoms with Crippen LogP contribution in [0.3, 0.4) is 0 Å². The van der Waals surface area contributed by atoms with Gasteiger partial charge >= 0.3 is 12.8 Å². The van der Waals surface area contributed by atoms with Gasteiger partial charge in [0.05, 0.1) is 0 Å². The van der Waals surface area contributed by atoms with Gasteiger partial charge in [0.2, 0.25) is 0 Å². The zero-order chi connectivity index (χ0) is 15.6. The summed E-state index contributed by atoms with van der Waals surface area (Å²) in [5.41, 5.74) is -0.825. The van der Waals surface area contributed by atoms with Crippen LogP contribution in [0, 0.1) is 0 Å². The van der Waals surface area contributed by atoms with Crippen molar-refractivity contribution in [3.63, 3.8) is 0 Å². The molecule has 0 aliphatic carbocycles. The summed E-state index contributed by atoms with van der Waals surface area (Å²) in [6.45, 7) is -3.36. The lowest BCUT2D eigenvalue weighted by Gasteiger charge is -2.22. The molecule has 0 fully saturated rings. The van der Waals surface area contributed by atoms with Crippen molar-refractivity contribution in [2.75, 3.05) is 0 Å². The third-order valence-corrected chi connectivity index (χ3v) is 2.62. The van der Waals surface area contributed by atoms with Gasteiger partial charge in [0.25, 0.3) is 10.2 Å². The summed E-state index contributed by atoms with van der Waals surface area (Å²) in [5.74, 6) is -0.805. The van der Waals surface area contributed by atoms with Crippen molar-refractivity contribution in [3.8, 4) is 5.75 Å². The molecule has 114 valence electrons.